The molecule has 6 heteroatoms. The van der Waals surface area contributed by atoms with Crippen LogP contribution in [0.1, 0.15) is 23.2 Å². The van der Waals surface area contributed by atoms with Gasteiger partial charge in [0.2, 0.25) is 5.43 Å². The van der Waals surface area contributed by atoms with E-state index in [1.165, 1.54) is 24.4 Å². The Morgan fingerprint density at radius 1 is 1.30 bits per heavy atom. The van der Waals surface area contributed by atoms with Gasteiger partial charge in [0.15, 0.2) is 0 Å². The van der Waals surface area contributed by atoms with Crippen LogP contribution in [0, 0.1) is 11.7 Å². The smallest absolute Gasteiger partial charge is 0.257 e. The zero-order chi connectivity index (χ0) is 16.0. The standard InChI is InChI=1S/C17H18FN3O2/c18-13-3-1-2-11-15(13)19-8-12(16(11)22)17(23)20-14-9-21-6-4-10(14)5-7-21/h1-3,8,10,14H,4-7,9H2,(H,19,22)(H,20,23). The lowest BCUT2D eigenvalue weighted by atomic mass is 9.84. The number of rotatable bonds is 2. The second-order valence-electron chi connectivity index (χ2n) is 6.41. The Kier molecular flexibility index (Phi) is 3.41. The van der Waals surface area contributed by atoms with Crippen LogP contribution >= 0.6 is 0 Å². The Bertz CT molecular complexity index is 824. The summed E-state index contributed by atoms with van der Waals surface area (Å²) in [5.41, 5.74) is -0.256. The lowest BCUT2D eigenvalue weighted by Gasteiger charge is -2.44. The Morgan fingerprint density at radius 3 is 2.78 bits per heavy atom. The number of pyridine rings is 1. The highest BCUT2D eigenvalue weighted by Crippen LogP contribution is 2.27. The predicted molar refractivity (Wildman–Crippen MR) is 84.9 cm³/mol. The molecule has 3 aliphatic rings. The quantitative estimate of drug-likeness (QED) is 0.882. The van der Waals surface area contributed by atoms with Gasteiger partial charge in [-0.2, -0.15) is 0 Å². The second-order valence-corrected chi connectivity index (χ2v) is 6.41. The van der Waals surface area contributed by atoms with Gasteiger partial charge in [0.25, 0.3) is 5.91 Å². The fourth-order valence-electron chi connectivity index (χ4n) is 3.76. The predicted octanol–water partition coefficient (Wildman–Crippen LogP) is 1.49. The summed E-state index contributed by atoms with van der Waals surface area (Å²) in [6.07, 6.45) is 3.49. The number of nitrogens with zero attached hydrogens (tertiary/aromatic N) is 1. The maximum absolute atomic E-state index is 13.7. The first-order chi connectivity index (χ1) is 11.1. The molecular weight excluding hydrogens is 297 g/mol. The van der Waals surface area contributed by atoms with E-state index in [-0.39, 0.29) is 28.4 Å². The third-order valence-electron chi connectivity index (χ3n) is 5.08. The van der Waals surface area contributed by atoms with Crippen molar-refractivity contribution in [1.29, 1.82) is 0 Å². The van der Waals surface area contributed by atoms with E-state index in [0.29, 0.717) is 5.92 Å². The molecule has 3 saturated heterocycles. The third-order valence-corrected chi connectivity index (χ3v) is 5.08. The number of amides is 1. The highest BCUT2D eigenvalue weighted by Gasteiger charge is 2.35. The minimum absolute atomic E-state index is 0.0412. The van der Waals surface area contributed by atoms with Crippen LogP contribution in [0.5, 0.6) is 0 Å². The second kappa shape index (κ2) is 5.45. The fraction of sp³-hybridized carbons (Fsp3) is 0.412. The molecule has 1 atom stereocenters. The molecule has 5 rings (SSSR count). The topological polar surface area (TPSA) is 65.2 Å². The Hall–Kier alpha value is -2.21. The van der Waals surface area contributed by atoms with E-state index in [2.05, 4.69) is 15.2 Å². The van der Waals surface area contributed by atoms with Gasteiger partial charge in [-0.15, -0.1) is 0 Å². The summed E-state index contributed by atoms with van der Waals surface area (Å²) in [6.45, 7) is 3.02. The number of piperidine rings is 3. The van der Waals surface area contributed by atoms with E-state index < -0.39 is 11.2 Å². The number of benzene rings is 1. The van der Waals surface area contributed by atoms with Gasteiger partial charge in [-0.25, -0.2) is 4.39 Å². The van der Waals surface area contributed by atoms with Crippen LogP contribution in [0.15, 0.2) is 29.2 Å². The molecule has 120 valence electrons. The number of para-hydroxylation sites is 1. The molecule has 0 saturated carbocycles. The van der Waals surface area contributed by atoms with Gasteiger partial charge in [-0.05, 0) is 44.0 Å². The summed E-state index contributed by atoms with van der Waals surface area (Å²) in [7, 11) is 0. The van der Waals surface area contributed by atoms with Crippen LogP contribution in [0.4, 0.5) is 4.39 Å². The number of hydrogen-bond donors (Lipinski definition) is 2. The molecular formula is C17H18FN3O2. The molecule has 0 aliphatic carbocycles. The number of aromatic nitrogens is 1. The van der Waals surface area contributed by atoms with E-state index in [1.807, 2.05) is 0 Å². The van der Waals surface area contributed by atoms with Gasteiger partial charge >= 0.3 is 0 Å². The van der Waals surface area contributed by atoms with E-state index >= 15 is 0 Å². The van der Waals surface area contributed by atoms with E-state index in [4.69, 9.17) is 0 Å². The van der Waals surface area contributed by atoms with Crippen molar-refractivity contribution in [1.82, 2.24) is 15.2 Å². The number of carbonyl (C=O) groups excluding carboxylic acids is 1. The van der Waals surface area contributed by atoms with Gasteiger partial charge < -0.3 is 15.2 Å². The summed E-state index contributed by atoms with van der Waals surface area (Å²) in [5, 5.41) is 3.19. The summed E-state index contributed by atoms with van der Waals surface area (Å²) < 4.78 is 13.7. The van der Waals surface area contributed by atoms with Gasteiger partial charge in [-0.1, -0.05) is 6.07 Å². The van der Waals surface area contributed by atoms with Crippen LogP contribution in [-0.4, -0.2) is 41.5 Å². The normalized spacial score (nSPS) is 26.4. The molecule has 1 aromatic carbocycles. The largest absolute Gasteiger partial charge is 0.358 e. The van der Waals surface area contributed by atoms with Gasteiger partial charge in [0.1, 0.15) is 11.4 Å². The monoisotopic (exact) mass is 315 g/mol. The molecule has 2 N–H and O–H groups in total. The summed E-state index contributed by atoms with van der Waals surface area (Å²) in [4.78, 5) is 30.0. The summed E-state index contributed by atoms with van der Waals surface area (Å²) in [5.74, 6) is -0.388. The average molecular weight is 315 g/mol. The lowest BCUT2D eigenvalue weighted by molar-refractivity contribution is 0.0620. The van der Waals surface area contributed by atoms with E-state index in [9.17, 15) is 14.0 Å². The number of carbonyl (C=O) groups is 1. The third kappa shape index (κ3) is 2.43. The molecule has 0 spiro atoms. The number of halogens is 1. The van der Waals surface area contributed by atoms with Gasteiger partial charge in [0.05, 0.1) is 5.52 Å². The van der Waals surface area contributed by atoms with Crippen molar-refractivity contribution in [2.75, 3.05) is 19.6 Å². The molecule has 3 fully saturated rings. The van der Waals surface area contributed by atoms with Crippen LogP contribution in [0.25, 0.3) is 10.9 Å². The Balaban J connectivity index is 1.63. The number of H-pyrrole nitrogens is 1. The minimum Gasteiger partial charge on any atom is -0.358 e. The van der Waals surface area contributed by atoms with Gasteiger partial charge in [-0.3, -0.25) is 9.59 Å². The van der Waals surface area contributed by atoms with Crippen molar-refractivity contribution in [3.63, 3.8) is 0 Å². The first-order valence-electron chi connectivity index (χ1n) is 7.96. The Morgan fingerprint density at radius 2 is 2.09 bits per heavy atom. The molecule has 2 aromatic rings. The molecule has 23 heavy (non-hydrogen) atoms. The SMILES string of the molecule is O=C(NC1CN2CCC1CC2)c1c[nH]c2c(F)cccc2c1=O. The number of fused-ring (bicyclic) bond motifs is 4. The first kappa shape index (κ1) is 14.4. The number of nitrogens with one attached hydrogen (secondary N) is 2. The van der Waals surface area contributed by atoms with E-state index in [0.717, 1.165) is 32.5 Å². The molecule has 2 bridgehead atoms. The molecule has 4 heterocycles. The molecule has 1 aromatic heterocycles. The summed E-state index contributed by atoms with van der Waals surface area (Å²) >= 11 is 0. The maximum atomic E-state index is 13.7. The highest BCUT2D eigenvalue weighted by molar-refractivity contribution is 5.97. The van der Waals surface area contributed by atoms with Crippen LogP contribution in [0.2, 0.25) is 0 Å². The van der Waals surface area contributed by atoms with Crippen LogP contribution in [0.3, 0.4) is 0 Å². The first-order valence-corrected chi connectivity index (χ1v) is 7.96. The number of hydrogen-bond acceptors (Lipinski definition) is 3. The zero-order valence-corrected chi connectivity index (χ0v) is 12.6. The highest BCUT2D eigenvalue weighted by atomic mass is 19.1. The molecule has 1 unspecified atom stereocenters. The summed E-state index contributed by atoms with van der Waals surface area (Å²) in [6, 6.07) is 4.38. The van der Waals surface area contributed by atoms with Crippen LogP contribution in [-0.2, 0) is 0 Å². The van der Waals surface area contributed by atoms with Gasteiger partial charge in [0, 0.05) is 24.2 Å². The van der Waals surface area contributed by atoms with Crippen molar-refractivity contribution >= 4 is 16.8 Å². The molecule has 3 aliphatic heterocycles. The van der Waals surface area contributed by atoms with Crippen molar-refractivity contribution in [3.8, 4) is 0 Å². The van der Waals surface area contributed by atoms with Crippen molar-refractivity contribution < 1.29 is 9.18 Å². The fourth-order valence-corrected chi connectivity index (χ4v) is 3.76. The molecule has 1 amide bonds. The average Bonchev–Trinajstić information content (AvgIpc) is 2.57. The van der Waals surface area contributed by atoms with Crippen LogP contribution < -0.4 is 10.7 Å². The Labute approximate surface area is 132 Å². The van der Waals surface area contributed by atoms with Crippen molar-refractivity contribution in [2.24, 2.45) is 5.92 Å². The van der Waals surface area contributed by atoms with E-state index in [1.54, 1.807) is 0 Å². The number of aromatic amines is 1. The molecule has 0 radical (unpaired) electrons. The van der Waals surface area contributed by atoms with Crippen molar-refractivity contribution in [2.45, 2.75) is 18.9 Å². The molecule has 5 nitrogen and oxygen atoms in total. The minimum atomic E-state index is -0.496. The maximum Gasteiger partial charge on any atom is 0.257 e. The lowest BCUT2D eigenvalue weighted by Crippen LogP contribution is -2.57. The zero-order valence-electron chi connectivity index (χ0n) is 12.6. The van der Waals surface area contributed by atoms with Crippen molar-refractivity contribution in [3.05, 3.63) is 46.0 Å².